The van der Waals surface area contributed by atoms with Crippen LogP contribution in [0, 0.1) is 34.5 Å². The molecule has 0 unspecified atom stereocenters. The number of fused-ring (bicyclic) bond motifs is 5. The van der Waals surface area contributed by atoms with Gasteiger partial charge in [0.05, 0.1) is 16.1 Å². The number of ketones is 2. The molecule has 5 nitrogen and oxygen atoms in total. The molecule has 1 aromatic carbocycles. The highest BCUT2D eigenvalue weighted by atomic mass is 35.5. The van der Waals surface area contributed by atoms with Crippen LogP contribution in [0.15, 0.2) is 18.2 Å². The van der Waals surface area contributed by atoms with Crippen LogP contribution >= 0.6 is 34.8 Å². The van der Waals surface area contributed by atoms with Gasteiger partial charge in [0.15, 0.2) is 5.78 Å². The summed E-state index contributed by atoms with van der Waals surface area (Å²) in [6.45, 7) is 3.46. The number of carbonyl (C=O) groups excluding carboxylic acids is 2. The molecular formula is C27H35Cl3O5. The Hall–Kier alpha value is -0.690. The molecule has 0 bridgehead atoms. The van der Waals surface area contributed by atoms with E-state index in [0.717, 1.165) is 38.5 Å². The third kappa shape index (κ3) is 4.49. The molecule has 35 heavy (non-hydrogen) atoms. The molecule has 8 atom stereocenters. The molecule has 4 fully saturated rings. The maximum Gasteiger partial charge on any atom is 0.190 e. The Morgan fingerprint density at radius 1 is 1.06 bits per heavy atom. The fourth-order valence-electron chi connectivity index (χ4n) is 8.11. The Kier molecular flexibility index (Phi) is 7.72. The number of aliphatic hydroxyl groups excluding tert-OH is 2. The van der Waals surface area contributed by atoms with E-state index in [1.165, 1.54) is 0 Å². The second kappa shape index (κ2) is 9.89. The van der Waals surface area contributed by atoms with Crippen molar-refractivity contribution >= 4 is 46.4 Å². The van der Waals surface area contributed by atoms with Gasteiger partial charge in [0, 0.05) is 22.8 Å². The van der Waals surface area contributed by atoms with Crippen molar-refractivity contribution < 1.29 is 24.9 Å². The first-order valence-electron chi connectivity index (χ1n) is 12.5. The van der Waals surface area contributed by atoms with E-state index in [1.54, 1.807) is 18.2 Å². The molecule has 4 saturated carbocycles. The number of benzene rings is 1. The summed E-state index contributed by atoms with van der Waals surface area (Å²) in [5.41, 5.74) is -2.40. The minimum atomic E-state index is -1.58. The van der Waals surface area contributed by atoms with Crippen molar-refractivity contribution in [3.05, 3.63) is 33.3 Å². The van der Waals surface area contributed by atoms with Gasteiger partial charge in [-0.05, 0) is 86.3 Å². The Morgan fingerprint density at radius 2 is 1.77 bits per heavy atom. The Morgan fingerprint density at radius 3 is 2.40 bits per heavy atom. The zero-order chi connectivity index (χ0) is 25.8. The molecule has 3 N–H and O–H groups in total. The third-order valence-electron chi connectivity index (χ3n) is 9.96. The molecule has 0 amide bonds. The van der Waals surface area contributed by atoms with E-state index >= 15 is 0 Å². The van der Waals surface area contributed by atoms with Gasteiger partial charge in [-0.3, -0.25) is 9.59 Å². The Labute approximate surface area is 222 Å². The summed E-state index contributed by atoms with van der Waals surface area (Å²) in [5.74, 6) is 0.380. The Bertz CT molecular complexity index is 1000. The number of halogens is 3. The summed E-state index contributed by atoms with van der Waals surface area (Å²) < 4.78 is 0. The standard InChI is InChI=1S/C21H32O5.C6H3Cl3/c1-19-7-5-13(23)9-12(19)3-4-14-15-6-8-21(26,17(25)11-22)20(15,2)10-16(24)18(14)19;7-4-1-2-5(8)6(9)3-4/h12-15,18,22-23,26H,3-11H2,1-2H3;1-3H/t12-,13-,14+,15+,18-,19+,20+,21+;/m1./s1. The lowest BCUT2D eigenvalue weighted by atomic mass is 9.44. The van der Waals surface area contributed by atoms with Gasteiger partial charge in [0.2, 0.25) is 0 Å². The predicted molar refractivity (Wildman–Crippen MR) is 137 cm³/mol. The number of hydrogen-bond donors (Lipinski definition) is 3. The predicted octanol–water partition coefficient (Wildman–Crippen LogP) is 5.51. The monoisotopic (exact) mass is 544 g/mol. The highest BCUT2D eigenvalue weighted by Crippen LogP contribution is 2.67. The lowest BCUT2D eigenvalue weighted by molar-refractivity contribution is -0.180. The molecule has 194 valence electrons. The van der Waals surface area contributed by atoms with Gasteiger partial charge in [0.25, 0.3) is 0 Å². The summed E-state index contributed by atoms with van der Waals surface area (Å²) in [6.07, 6.45) is 5.47. The molecule has 4 aliphatic rings. The molecule has 1 aromatic rings. The van der Waals surface area contributed by atoms with Crippen molar-refractivity contribution in [2.45, 2.75) is 76.9 Å². The van der Waals surface area contributed by atoms with Crippen LogP contribution in [-0.4, -0.2) is 45.2 Å². The van der Waals surface area contributed by atoms with E-state index in [2.05, 4.69) is 6.92 Å². The minimum Gasteiger partial charge on any atom is -0.393 e. The van der Waals surface area contributed by atoms with Gasteiger partial charge >= 0.3 is 0 Å². The first-order chi connectivity index (χ1) is 16.4. The fourth-order valence-corrected chi connectivity index (χ4v) is 8.64. The zero-order valence-electron chi connectivity index (χ0n) is 20.3. The lowest BCUT2D eigenvalue weighted by Gasteiger charge is -2.60. The van der Waals surface area contributed by atoms with Crippen molar-refractivity contribution in [1.82, 2.24) is 0 Å². The minimum absolute atomic E-state index is 0.0154. The van der Waals surface area contributed by atoms with E-state index in [9.17, 15) is 24.9 Å². The summed E-state index contributed by atoms with van der Waals surface area (Å²) >= 11 is 16.8. The quantitative estimate of drug-likeness (QED) is 0.426. The molecule has 0 aliphatic heterocycles. The van der Waals surface area contributed by atoms with Crippen LogP contribution in [0.5, 0.6) is 0 Å². The van der Waals surface area contributed by atoms with E-state index in [-0.39, 0.29) is 41.5 Å². The van der Waals surface area contributed by atoms with E-state index in [0.29, 0.717) is 27.4 Å². The lowest BCUT2D eigenvalue weighted by Crippen LogP contribution is -2.62. The average molecular weight is 546 g/mol. The molecule has 8 heteroatoms. The van der Waals surface area contributed by atoms with Crippen LogP contribution in [0.25, 0.3) is 0 Å². The van der Waals surface area contributed by atoms with Crippen molar-refractivity contribution in [2.24, 2.45) is 34.5 Å². The summed E-state index contributed by atoms with van der Waals surface area (Å²) in [4.78, 5) is 25.7. The van der Waals surface area contributed by atoms with E-state index in [4.69, 9.17) is 34.8 Å². The zero-order valence-corrected chi connectivity index (χ0v) is 22.5. The molecule has 0 heterocycles. The van der Waals surface area contributed by atoms with Gasteiger partial charge in [-0.1, -0.05) is 48.7 Å². The number of hydrogen-bond acceptors (Lipinski definition) is 5. The summed E-state index contributed by atoms with van der Waals surface area (Å²) in [7, 11) is 0. The van der Waals surface area contributed by atoms with Crippen LogP contribution in [0.2, 0.25) is 15.1 Å². The van der Waals surface area contributed by atoms with Crippen molar-refractivity contribution in [3.8, 4) is 0 Å². The third-order valence-corrected chi connectivity index (χ3v) is 10.9. The molecule has 4 aliphatic carbocycles. The van der Waals surface area contributed by atoms with Crippen LogP contribution in [0.3, 0.4) is 0 Å². The number of Topliss-reactive ketones (excluding diaryl/α,β-unsaturated/α-hetero) is 2. The molecule has 0 spiro atoms. The topological polar surface area (TPSA) is 94.8 Å². The Balaban J connectivity index is 0.000000271. The second-order valence-corrected chi connectivity index (χ2v) is 12.8. The highest BCUT2D eigenvalue weighted by Gasteiger charge is 2.68. The van der Waals surface area contributed by atoms with Crippen molar-refractivity contribution in [3.63, 3.8) is 0 Å². The summed E-state index contributed by atoms with van der Waals surface area (Å²) in [5, 5.41) is 32.2. The van der Waals surface area contributed by atoms with Crippen molar-refractivity contribution in [2.75, 3.05) is 6.61 Å². The molecule has 0 radical (unpaired) electrons. The van der Waals surface area contributed by atoms with Gasteiger partial charge in [-0.25, -0.2) is 0 Å². The van der Waals surface area contributed by atoms with Crippen molar-refractivity contribution in [1.29, 1.82) is 0 Å². The molecule has 0 aromatic heterocycles. The van der Waals surface area contributed by atoms with Crippen LogP contribution in [-0.2, 0) is 9.59 Å². The smallest absolute Gasteiger partial charge is 0.190 e. The fraction of sp³-hybridized carbons (Fsp3) is 0.704. The normalized spacial score (nSPS) is 42.3. The first kappa shape index (κ1) is 27.3. The second-order valence-electron chi connectivity index (χ2n) is 11.6. The summed E-state index contributed by atoms with van der Waals surface area (Å²) in [6, 6.07) is 4.95. The van der Waals surface area contributed by atoms with E-state index in [1.807, 2.05) is 6.92 Å². The van der Waals surface area contributed by atoms with Gasteiger partial charge in [-0.2, -0.15) is 0 Å². The van der Waals surface area contributed by atoms with Gasteiger partial charge < -0.3 is 15.3 Å². The largest absolute Gasteiger partial charge is 0.393 e. The molecular weight excluding hydrogens is 511 g/mol. The number of carbonyl (C=O) groups is 2. The maximum atomic E-state index is 13.4. The van der Waals surface area contributed by atoms with E-state index < -0.39 is 23.4 Å². The number of aliphatic hydroxyl groups is 3. The SMILES string of the molecule is C[C@]12CC[C@@H](O)C[C@H]1CC[C@@H]1[C@@H]2C(=O)C[C@@]2(C)[C@H]1CC[C@]2(O)C(=O)CO.Clc1ccc(Cl)c(Cl)c1. The van der Waals surface area contributed by atoms with Gasteiger partial charge in [0.1, 0.15) is 18.0 Å². The highest BCUT2D eigenvalue weighted by molar-refractivity contribution is 6.43. The number of rotatable bonds is 2. The van der Waals surface area contributed by atoms with Gasteiger partial charge in [-0.15, -0.1) is 0 Å². The van der Waals surface area contributed by atoms with Crippen LogP contribution in [0.1, 0.15) is 65.2 Å². The molecule has 5 rings (SSSR count). The molecule has 0 saturated heterocycles. The maximum absolute atomic E-state index is 13.4. The van der Waals surface area contributed by atoms with Crippen LogP contribution < -0.4 is 0 Å². The van der Waals surface area contributed by atoms with Crippen LogP contribution in [0.4, 0.5) is 0 Å². The first-order valence-corrected chi connectivity index (χ1v) is 13.7. The average Bonchev–Trinajstić information content (AvgIpc) is 3.07.